The fourth-order valence-corrected chi connectivity index (χ4v) is 3.65. The zero-order valence-corrected chi connectivity index (χ0v) is 15.6. The normalized spacial score (nSPS) is 17.7. The average Bonchev–Trinajstić information content (AvgIpc) is 3.08. The SMILES string of the molecule is Cn1ccnc1CN1CCC[C@H](Cc2cc(Nc3ccccn3)ncn2)C1. The van der Waals surface area contributed by atoms with E-state index in [0.29, 0.717) is 5.92 Å². The minimum absolute atomic E-state index is 0.608. The van der Waals surface area contributed by atoms with Crippen molar-refractivity contribution < 1.29 is 0 Å². The molecule has 1 aliphatic heterocycles. The van der Waals surface area contributed by atoms with Crippen molar-refractivity contribution in [2.75, 3.05) is 18.4 Å². The summed E-state index contributed by atoms with van der Waals surface area (Å²) < 4.78 is 2.10. The third-order valence-corrected chi connectivity index (χ3v) is 5.03. The third-order valence-electron chi connectivity index (χ3n) is 5.03. The largest absolute Gasteiger partial charge is 0.337 e. The summed E-state index contributed by atoms with van der Waals surface area (Å²) in [4.78, 5) is 20.0. The highest BCUT2D eigenvalue weighted by Crippen LogP contribution is 2.22. The van der Waals surface area contributed by atoms with Crippen LogP contribution in [0, 0.1) is 5.92 Å². The van der Waals surface area contributed by atoms with Crippen LogP contribution in [0.2, 0.25) is 0 Å². The molecule has 1 fully saturated rings. The molecule has 1 N–H and O–H groups in total. The van der Waals surface area contributed by atoms with Crippen molar-refractivity contribution in [1.29, 1.82) is 0 Å². The van der Waals surface area contributed by atoms with Crippen LogP contribution in [0.15, 0.2) is 49.2 Å². The number of pyridine rings is 1. The molecule has 7 heteroatoms. The van der Waals surface area contributed by atoms with Gasteiger partial charge in [-0.25, -0.2) is 19.9 Å². The van der Waals surface area contributed by atoms with Gasteiger partial charge in [0.1, 0.15) is 23.8 Å². The Balaban J connectivity index is 1.37. The number of hydrogen-bond acceptors (Lipinski definition) is 6. The smallest absolute Gasteiger partial charge is 0.135 e. The zero-order valence-electron chi connectivity index (χ0n) is 15.6. The molecule has 3 aromatic heterocycles. The molecule has 0 radical (unpaired) electrons. The molecule has 7 nitrogen and oxygen atoms in total. The predicted octanol–water partition coefficient (Wildman–Crippen LogP) is 2.80. The lowest BCUT2D eigenvalue weighted by molar-refractivity contribution is 0.161. The van der Waals surface area contributed by atoms with Gasteiger partial charge in [-0.2, -0.15) is 0 Å². The maximum atomic E-state index is 4.48. The summed E-state index contributed by atoms with van der Waals surface area (Å²) in [6.07, 6.45) is 10.7. The number of aryl methyl sites for hydroxylation is 1. The molecule has 0 amide bonds. The minimum atomic E-state index is 0.608. The maximum Gasteiger partial charge on any atom is 0.135 e. The summed E-state index contributed by atoms with van der Waals surface area (Å²) in [6, 6.07) is 7.82. The van der Waals surface area contributed by atoms with Gasteiger partial charge in [0.2, 0.25) is 0 Å². The van der Waals surface area contributed by atoms with Gasteiger partial charge in [-0.05, 0) is 43.9 Å². The van der Waals surface area contributed by atoms with E-state index in [4.69, 9.17) is 0 Å². The van der Waals surface area contributed by atoms with Gasteiger partial charge in [0.15, 0.2) is 0 Å². The fourth-order valence-electron chi connectivity index (χ4n) is 3.65. The minimum Gasteiger partial charge on any atom is -0.337 e. The van der Waals surface area contributed by atoms with Crippen LogP contribution in [-0.2, 0) is 20.0 Å². The predicted molar refractivity (Wildman–Crippen MR) is 104 cm³/mol. The second-order valence-corrected chi connectivity index (χ2v) is 7.14. The molecule has 140 valence electrons. The van der Waals surface area contributed by atoms with Crippen molar-refractivity contribution in [3.05, 3.63) is 60.7 Å². The molecule has 4 rings (SSSR count). The molecule has 3 aromatic rings. The van der Waals surface area contributed by atoms with Crippen molar-refractivity contribution in [3.63, 3.8) is 0 Å². The quantitative estimate of drug-likeness (QED) is 0.726. The average molecular weight is 363 g/mol. The highest BCUT2D eigenvalue weighted by molar-refractivity contribution is 5.50. The van der Waals surface area contributed by atoms with E-state index in [0.717, 1.165) is 49.2 Å². The topological polar surface area (TPSA) is 71.8 Å². The number of likely N-dealkylation sites (tertiary alicyclic amines) is 1. The summed E-state index contributed by atoms with van der Waals surface area (Å²) in [5, 5.41) is 3.24. The molecule has 1 atom stereocenters. The summed E-state index contributed by atoms with van der Waals surface area (Å²) in [5.41, 5.74) is 1.08. The highest BCUT2D eigenvalue weighted by Gasteiger charge is 2.21. The van der Waals surface area contributed by atoms with Crippen molar-refractivity contribution in [2.45, 2.75) is 25.8 Å². The summed E-state index contributed by atoms with van der Waals surface area (Å²) >= 11 is 0. The maximum absolute atomic E-state index is 4.48. The number of hydrogen-bond donors (Lipinski definition) is 1. The van der Waals surface area contributed by atoms with Crippen molar-refractivity contribution in [3.8, 4) is 0 Å². The van der Waals surface area contributed by atoms with Gasteiger partial charge in [-0.3, -0.25) is 4.90 Å². The van der Waals surface area contributed by atoms with Crippen LogP contribution in [-0.4, -0.2) is 42.5 Å². The number of anilines is 2. The van der Waals surface area contributed by atoms with Crippen molar-refractivity contribution in [2.24, 2.45) is 13.0 Å². The van der Waals surface area contributed by atoms with E-state index in [1.54, 1.807) is 12.5 Å². The van der Waals surface area contributed by atoms with Crippen molar-refractivity contribution in [1.82, 2.24) is 29.4 Å². The molecule has 0 unspecified atom stereocenters. The molecule has 0 aromatic carbocycles. The van der Waals surface area contributed by atoms with Gasteiger partial charge < -0.3 is 9.88 Å². The van der Waals surface area contributed by atoms with E-state index in [9.17, 15) is 0 Å². The fraction of sp³-hybridized carbons (Fsp3) is 0.400. The Bertz CT molecular complexity index is 862. The molecule has 0 spiro atoms. The molecule has 1 saturated heterocycles. The molecular formula is C20H25N7. The van der Waals surface area contributed by atoms with Crippen molar-refractivity contribution >= 4 is 11.6 Å². The van der Waals surface area contributed by atoms with Gasteiger partial charge in [0.05, 0.1) is 6.54 Å². The molecule has 0 bridgehead atoms. The summed E-state index contributed by atoms with van der Waals surface area (Å²) in [7, 11) is 2.06. The third kappa shape index (κ3) is 4.68. The molecule has 1 aliphatic rings. The summed E-state index contributed by atoms with van der Waals surface area (Å²) in [6.45, 7) is 3.13. The lowest BCUT2D eigenvalue weighted by Crippen LogP contribution is -2.36. The van der Waals surface area contributed by atoms with E-state index in [1.807, 2.05) is 36.7 Å². The first-order chi connectivity index (χ1) is 13.3. The lowest BCUT2D eigenvalue weighted by atomic mass is 9.93. The Labute approximate surface area is 159 Å². The molecule has 0 aliphatic carbocycles. The van der Waals surface area contributed by atoms with Gasteiger partial charge in [-0.15, -0.1) is 0 Å². The van der Waals surface area contributed by atoms with Crippen LogP contribution < -0.4 is 5.32 Å². The van der Waals surface area contributed by atoms with Gasteiger partial charge in [-0.1, -0.05) is 6.07 Å². The Hall–Kier alpha value is -2.80. The number of nitrogens with one attached hydrogen (secondary N) is 1. The molecule has 0 saturated carbocycles. The van der Waals surface area contributed by atoms with E-state index in [2.05, 4.69) is 41.8 Å². The van der Waals surface area contributed by atoms with Gasteiger partial charge >= 0.3 is 0 Å². The molecule has 27 heavy (non-hydrogen) atoms. The second kappa shape index (κ2) is 8.26. The first-order valence-electron chi connectivity index (χ1n) is 9.44. The Morgan fingerprint density at radius 1 is 1.11 bits per heavy atom. The lowest BCUT2D eigenvalue weighted by Gasteiger charge is -2.32. The van der Waals surface area contributed by atoms with Crippen LogP contribution in [0.25, 0.3) is 0 Å². The first kappa shape index (κ1) is 17.6. The van der Waals surface area contributed by atoms with E-state index >= 15 is 0 Å². The second-order valence-electron chi connectivity index (χ2n) is 7.14. The number of nitrogens with zero attached hydrogens (tertiary/aromatic N) is 6. The molecular weight excluding hydrogens is 338 g/mol. The number of imidazole rings is 1. The zero-order chi connectivity index (χ0) is 18.5. The Morgan fingerprint density at radius 2 is 2.07 bits per heavy atom. The number of rotatable bonds is 6. The first-order valence-corrected chi connectivity index (χ1v) is 9.44. The Kier molecular flexibility index (Phi) is 5.39. The van der Waals surface area contributed by atoms with Crippen LogP contribution in [0.3, 0.4) is 0 Å². The standard InChI is InChI=1S/C20H25N7/c1-26-10-8-22-20(26)14-27-9-4-5-16(13-27)11-17-12-19(24-15-23-17)25-18-6-2-3-7-21-18/h2-3,6-8,10,12,15-16H,4-5,9,11,13-14H2,1H3,(H,21,23,24,25)/t16-/m1/s1. The van der Waals surface area contributed by atoms with E-state index < -0.39 is 0 Å². The molecule has 4 heterocycles. The Morgan fingerprint density at radius 3 is 2.89 bits per heavy atom. The van der Waals surface area contributed by atoms with Crippen LogP contribution in [0.5, 0.6) is 0 Å². The van der Waals surface area contributed by atoms with Gasteiger partial charge in [0, 0.05) is 43.9 Å². The van der Waals surface area contributed by atoms with Crippen LogP contribution in [0.1, 0.15) is 24.4 Å². The van der Waals surface area contributed by atoms with Crippen LogP contribution >= 0.6 is 0 Å². The number of piperidine rings is 1. The monoisotopic (exact) mass is 363 g/mol. The van der Waals surface area contributed by atoms with Gasteiger partial charge in [0.25, 0.3) is 0 Å². The highest BCUT2D eigenvalue weighted by atomic mass is 15.2. The van der Waals surface area contributed by atoms with Crippen LogP contribution in [0.4, 0.5) is 11.6 Å². The van der Waals surface area contributed by atoms with E-state index in [-0.39, 0.29) is 0 Å². The number of aromatic nitrogens is 5. The summed E-state index contributed by atoms with van der Waals surface area (Å²) in [5.74, 6) is 3.32. The van der Waals surface area contributed by atoms with E-state index in [1.165, 1.54) is 12.8 Å².